The highest BCUT2D eigenvalue weighted by Crippen LogP contribution is 2.26. The normalized spacial score (nSPS) is 18.4. The van der Waals surface area contributed by atoms with Gasteiger partial charge >= 0.3 is 0 Å². The Labute approximate surface area is 122 Å². The number of para-hydroxylation sites is 1. The van der Waals surface area contributed by atoms with Gasteiger partial charge in [0.05, 0.1) is 11.6 Å². The Kier molecular flexibility index (Phi) is 2.93. The summed E-state index contributed by atoms with van der Waals surface area (Å²) in [5.41, 5.74) is 2.89. The number of fused-ring (bicyclic) bond motifs is 1. The van der Waals surface area contributed by atoms with E-state index in [-0.39, 0.29) is 6.04 Å². The maximum atomic E-state index is 5.39. The Balaban J connectivity index is 1.76. The molecule has 106 valence electrons. The van der Waals surface area contributed by atoms with Gasteiger partial charge in [0, 0.05) is 5.39 Å². The summed E-state index contributed by atoms with van der Waals surface area (Å²) in [7, 11) is 0. The highest BCUT2D eigenvalue weighted by Gasteiger charge is 2.23. The number of aryl methyl sites for hydroxylation is 1. The summed E-state index contributed by atoms with van der Waals surface area (Å²) in [5, 5.41) is 8.61. The second kappa shape index (κ2) is 4.93. The van der Waals surface area contributed by atoms with Crippen LogP contribution in [-0.2, 0) is 0 Å². The third-order valence-corrected chi connectivity index (χ3v) is 3.95. The van der Waals surface area contributed by atoms with Crippen molar-refractivity contribution in [2.24, 2.45) is 0 Å². The van der Waals surface area contributed by atoms with E-state index in [0.717, 1.165) is 36.0 Å². The molecule has 0 aliphatic carbocycles. The first kappa shape index (κ1) is 12.5. The summed E-state index contributed by atoms with van der Waals surface area (Å²) in [6, 6.07) is 10.3. The van der Waals surface area contributed by atoms with Crippen molar-refractivity contribution in [3.8, 4) is 11.5 Å². The van der Waals surface area contributed by atoms with E-state index in [1.807, 2.05) is 24.3 Å². The molecule has 1 atom stereocenters. The highest BCUT2D eigenvalue weighted by molar-refractivity contribution is 5.84. The Morgan fingerprint density at radius 2 is 2.14 bits per heavy atom. The van der Waals surface area contributed by atoms with Gasteiger partial charge in [-0.2, -0.15) is 4.98 Å². The summed E-state index contributed by atoms with van der Waals surface area (Å²) in [6.07, 6.45) is 2.20. The van der Waals surface area contributed by atoms with Gasteiger partial charge in [0.15, 0.2) is 0 Å². The first-order valence-corrected chi connectivity index (χ1v) is 7.25. The van der Waals surface area contributed by atoms with E-state index >= 15 is 0 Å². The lowest BCUT2D eigenvalue weighted by molar-refractivity contribution is 0.345. The van der Waals surface area contributed by atoms with E-state index in [4.69, 9.17) is 4.52 Å². The molecule has 1 aliphatic heterocycles. The minimum Gasteiger partial charge on any atom is -0.337 e. The van der Waals surface area contributed by atoms with E-state index in [2.05, 4.69) is 33.4 Å². The molecule has 0 spiro atoms. The molecule has 0 saturated carbocycles. The van der Waals surface area contributed by atoms with Gasteiger partial charge in [-0.25, -0.2) is 4.98 Å². The standard InChI is InChI=1S/C16H16N4O/c1-10-9-14(18-12-6-3-2-5-11(10)12)15-19-16(21-20-15)13-7-4-8-17-13/h2-3,5-6,9,13,17H,4,7-8H2,1H3/t13-/m0/s1. The molecule has 1 aromatic carbocycles. The molecular formula is C16H16N4O. The van der Waals surface area contributed by atoms with Crippen LogP contribution >= 0.6 is 0 Å². The minimum absolute atomic E-state index is 0.188. The van der Waals surface area contributed by atoms with Gasteiger partial charge in [0.1, 0.15) is 5.69 Å². The molecule has 1 fully saturated rings. The van der Waals surface area contributed by atoms with Crippen molar-refractivity contribution in [2.75, 3.05) is 6.54 Å². The van der Waals surface area contributed by atoms with Gasteiger partial charge in [-0.15, -0.1) is 0 Å². The Morgan fingerprint density at radius 1 is 1.24 bits per heavy atom. The molecule has 0 amide bonds. The summed E-state index contributed by atoms with van der Waals surface area (Å²) in [4.78, 5) is 9.15. The maximum absolute atomic E-state index is 5.39. The lowest BCUT2D eigenvalue weighted by Gasteiger charge is -2.03. The van der Waals surface area contributed by atoms with Gasteiger partial charge in [-0.1, -0.05) is 23.4 Å². The van der Waals surface area contributed by atoms with Gasteiger partial charge < -0.3 is 9.84 Å². The number of nitrogens with zero attached hydrogens (tertiary/aromatic N) is 3. The number of rotatable bonds is 2. The molecule has 3 aromatic rings. The molecule has 0 bridgehead atoms. The van der Waals surface area contributed by atoms with Crippen LogP contribution in [0.5, 0.6) is 0 Å². The van der Waals surface area contributed by atoms with Crippen LogP contribution in [0, 0.1) is 6.92 Å². The Bertz CT molecular complexity index is 790. The lowest BCUT2D eigenvalue weighted by Crippen LogP contribution is -2.12. The third kappa shape index (κ3) is 2.19. The second-order valence-electron chi connectivity index (χ2n) is 5.45. The lowest BCUT2D eigenvalue weighted by atomic mass is 10.1. The number of benzene rings is 1. The first-order chi connectivity index (χ1) is 10.3. The molecule has 1 aliphatic rings. The Hall–Kier alpha value is -2.27. The molecule has 2 aromatic heterocycles. The van der Waals surface area contributed by atoms with Crippen molar-refractivity contribution in [1.29, 1.82) is 0 Å². The summed E-state index contributed by atoms with van der Waals surface area (Å²) < 4.78 is 5.39. The van der Waals surface area contributed by atoms with Crippen molar-refractivity contribution in [2.45, 2.75) is 25.8 Å². The summed E-state index contributed by atoms with van der Waals surface area (Å²) in [6.45, 7) is 3.09. The van der Waals surface area contributed by atoms with Crippen LogP contribution in [0.3, 0.4) is 0 Å². The zero-order valence-corrected chi connectivity index (χ0v) is 11.8. The zero-order valence-electron chi connectivity index (χ0n) is 11.8. The molecule has 1 N–H and O–H groups in total. The van der Waals surface area contributed by atoms with Crippen molar-refractivity contribution in [3.05, 3.63) is 41.8 Å². The van der Waals surface area contributed by atoms with Crippen molar-refractivity contribution < 1.29 is 4.52 Å². The minimum atomic E-state index is 0.188. The summed E-state index contributed by atoms with van der Waals surface area (Å²) in [5.74, 6) is 1.22. The summed E-state index contributed by atoms with van der Waals surface area (Å²) >= 11 is 0. The quantitative estimate of drug-likeness (QED) is 0.781. The van der Waals surface area contributed by atoms with E-state index in [1.165, 1.54) is 5.56 Å². The molecular weight excluding hydrogens is 264 g/mol. The van der Waals surface area contributed by atoms with E-state index in [0.29, 0.717) is 11.7 Å². The second-order valence-corrected chi connectivity index (χ2v) is 5.45. The van der Waals surface area contributed by atoms with Gasteiger partial charge in [0.2, 0.25) is 11.7 Å². The zero-order chi connectivity index (χ0) is 14.2. The number of hydrogen-bond acceptors (Lipinski definition) is 5. The van der Waals surface area contributed by atoms with E-state index < -0.39 is 0 Å². The van der Waals surface area contributed by atoms with Crippen LogP contribution in [0.4, 0.5) is 0 Å². The molecule has 5 heteroatoms. The predicted molar refractivity (Wildman–Crippen MR) is 79.7 cm³/mol. The fourth-order valence-corrected chi connectivity index (χ4v) is 2.84. The SMILES string of the molecule is Cc1cc(-c2noc([C@@H]3CCCN3)n2)nc2ccccc12. The molecule has 5 nitrogen and oxygen atoms in total. The maximum Gasteiger partial charge on any atom is 0.244 e. The van der Waals surface area contributed by atoms with Crippen molar-refractivity contribution in [1.82, 2.24) is 20.4 Å². The topological polar surface area (TPSA) is 63.8 Å². The monoisotopic (exact) mass is 280 g/mol. The molecule has 21 heavy (non-hydrogen) atoms. The van der Waals surface area contributed by atoms with Crippen molar-refractivity contribution in [3.63, 3.8) is 0 Å². The smallest absolute Gasteiger partial charge is 0.244 e. The van der Waals surface area contributed by atoms with Crippen molar-refractivity contribution >= 4 is 10.9 Å². The van der Waals surface area contributed by atoms with Crippen LogP contribution in [0.15, 0.2) is 34.9 Å². The average molecular weight is 280 g/mol. The third-order valence-electron chi connectivity index (χ3n) is 3.95. The largest absolute Gasteiger partial charge is 0.337 e. The van der Waals surface area contributed by atoms with Crippen LogP contribution in [0.2, 0.25) is 0 Å². The van der Waals surface area contributed by atoms with Gasteiger partial charge in [-0.05, 0) is 44.0 Å². The number of aromatic nitrogens is 3. The van der Waals surface area contributed by atoms with Crippen LogP contribution < -0.4 is 5.32 Å². The van der Waals surface area contributed by atoms with Gasteiger partial charge in [-0.3, -0.25) is 0 Å². The Morgan fingerprint density at radius 3 is 3.00 bits per heavy atom. The number of hydrogen-bond donors (Lipinski definition) is 1. The molecule has 1 saturated heterocycles. The van der Waals surface area contributed by atoms with Crippen LogP contribution in [0.1, 0.15) is 30.3 Å². The van der Waals surface area contributed by atoms with Gasteiger partial charge in [0.25, 0.3) is 0 Å². The van der Waals surface area contributed by atoms with Crippen LogP contribution in [0.25, 0.3) is 22.4 Å². The first-order valence-electron chi connectivity index (χ1n) is 7.25. The number of nitrogens with one attached hydrogen (secondary N) is 1. The fraction of sp³-hybridized carbons (Fsp3) is 0.312. The molecule has 0 radical (unpaired) electrons. The fourth-order valence-electron chi connectivity index (χ4n) is 2.84. The average Bonchev–Trinajstić information content (AvgIpc) is 3.18. The predicted octanol–water partition coefficient (Wildman–Crippen LogP) is 3.02. The van der Waals surface area contributed by atoms with E-state index in [1.54, 1.807) is 0 Å². The van der Waals surface area contributed by atoms with Crippen LogP contribution in [-0.4, -0.2) is 21.7 Å². The molecule has 4 rings (SSSR count). The molecule has 3 heterocycles. The highest BCUT2D eigenvalue weighted by atomic mass is 16.5. The number of pyridine rings is 1. The molecule has 0 unspecified atom stereocenters. The van der Waals surface area contributed by atoms with E-state index in [9.17, 15) is 0 Å².